The first-order chi connectivity index (χ1) is 7.65. The van der Waals surface area contributed by atoms with Crippen molar-refractivity contribution in [2.75, 3.05) is 19.6 Å². The molecule has 0 aliphatic carbocycles. The summed E-state index contributed by atoms with van der Waals surface area (Å²) in [6, 6.07) is 0. The second-order valence-corrected chi connectivity index (χ2v) is 4.70. The topological polar surface area (TPSA) is 66.6 Å². The van der Waals surface area contributed by atoms with Crippen LogP contribution in [0.25, 0.3) is 0 Å². The van der Waals surface area contributed by atoms with Crippen LogP contribution in [0.15, 0.2) is 0 Å². The first-order valence-electron chi connectivity index (χ1n) is 6.31. The number of aliphatic hydroxyl groups is 1. The van der Waals surface area contributed by atoms with E-state index in [1.54, 1.807) is 0 Å². The molecule has 1 aliphatic heterocycles. The summed E-state index contributed by atoms with van der Waals surface area (Å²) < 4.78 is 0. The molecule has 1 amide bonds. The van der Waals surface area contributed by atoms with E-state index in [0.29, 0.717) is 18.9 Å². The number of nitrogens with zero attached hydrogens (tertiary/aromatic N) is 1. The highest BCUT2D eigenvalue weighted by atomic mass is 16.3. The molecule has 1 heterocycles. The van der Waals surface area contributed by atoms with Gasteiger partial charge in [0.25, 0.3) is 0 Å². The maximum Gasteiger partial charge on any atom is 0.222 e. The third-order valence-electron chi connectivity index (χ3n) is 3.42. The van der Waals surface area contributed by atoms with Gasteiger partial charge in [0.15, 0.2) is 0 Å². The zero-order valence-corrected chi connectivity index (χ0v) is 10.2. The van der Waals surface area contributed by atoms with E-state index in [2.05, 4.69) is 0 Å². The lowest BCUT2D eigenvalue weighted by Gasteiger charge is -2.33. The average Bonchev–Trinajstić information content (AvgIpc) is 2.29. The highest BCUT2D eigenvalue weighted by molar-refractivity contribution is 5.76. The Labute approximate surface area is 97.8 Å². The molecule has 16 heavy (non-hydrogen) atoms. The van der Waals surface area contributed by atoms with Gasteiger partial charge in [-0.1, -0.05) is 0 Å². The summed E-state index contributed by atoms with van der Waals surface area (Å²) in [5, 5.41) is 9.46. The third-order valence-corrected chi connectivity index (χ3v) is 3.42. The van der Waals surface area contributed by atoms with Gasteiger partial charge >= 0.3 is 0 Å². The van der Waals surface area contributed by atoms with Crippen molar-refractivity contribution >= 4 is 5.91 Å². The molecule has 3 N–H and O–H groups in total. The monoisotopic (exact) mass is 228 g/mol. The molecule has 94 valence electrons. The van der Waals surface area contributed by atoms with Gasteiger partial charge in [-0.05, 0) is 45.1 Å². The van der Waals surface area contributed by atoms with E-state index in [0.717, 1.165) is 38.8 Å². The number of carbonyl (C=O) groups is 1. The van der Waals surface area contributed by atoms with Crippen LogP contribution in [0.4, 0.5) is 0 Å². The number of aliphatic hydroxyl groups excluding tert-OH is 1. The minimum Gasteiger partial charge on any atom is -0.393 e. The molecule has 0 spiro atoms. The van der Waals surface area contributed by atoms with Crippen molar-refractivity contribution in [2.24, 2.45) is 11.7 Å². The van der Waals surface area contributed by atoms with Crippen LogP contribution in [0.1, 0.15) is 39.0 Å². The number of hydrogen-bond donors (Lipinski definition) is 2. The van der Waals surface area contributed by atoms with Gasteiger partial charge in [-0.25, -0.2) is 0 Å². The highest BCUT2D eigenvalue weighted by Gasteiger charge is 2.24. The minimum absolute atomic E-state index is 0.241. The van der Waals surface area contributed by atoms with Gasteiger partial charge in [-0.15, -0.1) is 0 Å². The molecule has 0 aromatic heterocycles. The predicted octanol–water partition coefficient (Wildman–Crippen LogP) is 0.735. The predicted molar refractivity (Wildman–Crippen MR) is 63.9 cm³/mol. The van der Waals surface area contributed by atoms with E-state index in [-0.39, 0.29) is 12.0 Å². The van der Waals surface area contributed by atoms with Crippen LogP contribution >= 0.6 is 0 Å². The van der Waals surface area contributed by atoms with Crippen LogP contribution in [-0.2, 0) is 4.79 Å². The fraction of sp³-hybridized carbons (Fsp3) is 0.917. The van der Waals surface area contributed by atoms with Crippen LogP contribution in [0.3, 0.4) is 0 Å². The summed E-state index contributed by atoms with van der Waals surface area (Å²) >= 11 is 0. The number of carbonyl (C=O) groups excluding carboxylic acids is 1. The quantitative estimate of drug-likeness (QED) is 0.682. The minimum atomic E-state index is -0.241. The summed E-state index contributed by atoms with van der Waals surface area (Å²) in [6.45, 7) is 4.11. The van der Waals surface area contributed by atoms with Gasteiger partial charge in [-0.3, -0.25) is 4.79 Å². The van der Waals surface area contributed by atoms with E-state index in [4.69, 9.17) is 5.73 Å². The fourth-order valence-corrected chi connectivity index (χ4v) is 2.21. The Hall–Kier alpha value is -0.610. The first kappa shape index (κ1) is 13.5. The number of likely N-dealkylation sites (tertiary alicyclic amines) is 1. The molecule has 1 fully saturated rings. The molecule has 1 rings (SSSR count). The fourth-order valence-electron chi connectivity index (χ4n) is 2.21. The summed E-state index contributed by atoms with van der Waals surface area (Å²) in [6.07, 6.45) is 4.06. The van der Waals surface area contributed by atoms with E-state index in [1.165, 1.54) is 0 Å². The molecule has 1 aliphatic rings. The van der Waals surface area contributed by atoms with Gasteiger partial charge < -0.3 is 15.7 Å². The van der Waals surface area contributed by atoms with Crippen LogP contribution < -0.4 is 5.73 Å². The maximum atomic E-state index is 11.8. The molecule has 0 aromatic rings. The zero-order chi connectivity index (χ0) is 12.0. The second kappa shape index (κ2) is 6.86. The molecule has 0 saturated carbocycles. The van der Waals surface area contributed by atoms with Crippen LogP contribution in [0, 0.1) is 5.92 Å². The van der Waals surface area contributed by atoms with Gasteiger partial charge in [0.2, 0.25) is 5.91 Å². The average molecular weight is 228 g/mol. The van der Waals surface area contributed by atoms with Crippen molar-refractivity contribution in [3.63, 3.8) is 0 Å². The van der Waals surface area contributed by atoms with Crippen molar-refractivity contribution < 1.29 is 9.90 Å². The molecule has 4 heteroatoms. The number of nitrogens with two attached hydrogens (primary N) is 1. The summed E-state index contributed by atoms with van der Waals surface area (Å²) in [4.78, 5) is 13.7. The summed E-state index contributed by atoms with van der Waals surface area (Å²) in [5.74, 6) is 0.616. The molecule has 1 saturated heterocycles. The van der Waals surface area contributed by atoms with Gasteiger partial charge in [0.1, 0.15) is 0 Å². The Morgan fingerprint density at radius 3 is 2.56 bits per heavy atom. The van der Waals surface area contributed by atoms with Crippen molar-refractivity contribution in [3.05, 3.63) is 0 Å². The lowest BCUT2D eigenvalue weighted by Crippen LogP contribution is -2.40. The Balaban J connectivity index is 2.22. The smallest absolute Gasteiger partial charge is 0.222 e. The molecule has 1 unspecified atom stereocenters. The van der Waals surface area contributed by atoms with Crippen LogP contribution in [0.5, 0.6) is 0 Å². The van der Waals surface area contributed by atoms with Crippen LogP contribution in [0.2, 0.25) is 0 Å². The largest absolute Gasteiger partial charge is 0.393 e. The summed E-state index contributed by atoms with van der Waals surface area (Å²) in [7, 11) is 0. The number of unbranched alkanes of at least 4 members (excludes halogenated alkanes) is 1. The van der Waals surface area contributed by atoms with Crippen molar-refractivity contribution in [1.82, 2.24) is 4.90 Å². The molecular weight excluding hydrogens is 204 g/mol. The van der Waals surface area contributed by atoms with E-state index >= 15 is 0 Å². The molecule has 0 aromatic carbocycles. The Morgan fingerprint density at radius 2 is 2.06 bits per heavy atom. The highest BCUT2D eigenvalue weighted by Crippen LogP contribution is 2.21. The number of amides is 1. The first-order valence-corrected chi connectivity index (χ1v) is 6.31. The Bertz CT molecular complexity index is 211. The van der Waals surface area contributed by atoms with Gasteiger partial charge in [0.05, 0.1) is 6.10 Å². The van der Waals surface area contributed by atoms with E-state index in [1.807, 2.05) is 11.8 Å². The Kier molecular flexibility index (Phi) is 5.77. The molecule has 4 nitrogen and oxygen atoms in total. The number of piperidine rings is 1. The van der Waals surface area contributed by atoms with Gasteiger partial charge in [0, 0.05) is 19.5 Å². The van der Waals surface area contributed by atoms with Crippen molar-refractivity contribution in [1.29, 1.82) is 0 Å². The normalized spacial score (nSPS) is 19.8. The SMILES string of the molecule is CC(O)C1CCN(C(=O)CCCCN)CC1. The maximum absolute atomic E-state index is 11.8. The Morgan fingerprint density at radius 1 is 1.44 bits per heavy atom. The molecular formula is C12H24N2O2. The van der Waals surface area contributed by atoms with Crippen LogP contribution in [-0.4, -0.2) is 41.7 Å². The molecule has 1 atom stereocenters. The lowest BCUT2D eigenvalue weighted by atomic mass is 9.92. The summed E-state index contributed by atoms with van der Waals surface area (Å²) in [5.41, 5.74) is 5.39. The van der Waals surface area contributed by atoms with E-state index in [9.17, 15) is 9.90 Å². The number of hydrogen-bond acceptors (Lipinski definition) is 3. The standard InChI is InChI=1S/C12H24N2O2/c1-10(15)11-5-8-14(9-6-11)12(16)4-2-3-7-13/h10-11,15H,2-9,13H2,1H3. The zero-order valence-electron chi connectivity index (χ0n) is 10.2. The molecule has 0 radical (unpaired) electrons. The number of rotatable bonds is 5. The van der Waals surface area contributed by atoms with Gasteiger partial charge in [-0.2, -0.15) is 0 Å². The lowest BCUT2D eigenvalue weighted by molar-refractivity contribution is -0.133. The van der Waals surface area contributed by atoms with Crippen molar-refractivity contribution in [3.8, 4) is 0 Å². The third kappa shape index (κ3) is 4.10. The van der Waals surface area contributed by atoms with Crippen molar-refractivity contribution in [2.45, 2.75) is 45.1 Å². The van der Waals surface area contributed by atoms with E-state index < -0.39 is 0 Å². The molecule has 0 bridgehead atoms. The second-order valence-electron chi connectivity index (χ2n) is 4.70.